The van der Waals surface area contributed by atoms with Gasteiger partial charge in [-0.2, -0.15) is 0 Å². The number of carbonyl (C=O) groups excluding carboxylic acids is 1. The molecule has 0 spiro atoms. The first-order valence-corrected chi connectivity index (χ1v) is 7.72. The van der Waals surface area contributed by atoms with Crippen molar-refractivity contribution in [1.82, 2.24) is 0 Å². The lowest BCUT2D eigenvalue weighted by molar-refractivity contribution is -0.117. The van der Waals surface area contributed by atoms with Crippen LogP contribution in [0, 0.1) is 5.92 Å². The molecular formula is C16H28N2O3. The molecule has 5 heteroatoms. The van der Waals surface area contributed by atoms with E-state index in [0.717, 1.165) is 25.7 Å². The smallest absolute Gasteiger partial charge is 0.209 e. The predicted molar refractivity (Wildman–Crippen MR) is 85.1 cm³/mol. The summed E-state index contributed by atoms with van der Waals surface area (Å²) in [6, 6.07) is -0.115. The number of rotatable bonds is 7. The Balaban J connectivity index is 2.58. The van der Waals surface area contributed by atoms with Crippen molar-refractivity contribution in [2.75, 3.05) is 14.2 Å². The number of hydrogen-bond acceptors (Lipinski definition) is 5. The topological polar surface area (TPSA) is 60.2 Å². The number of nitrogens with zero attached hydrogens (tertiary/aromatic N) is 2. The van der Waals surface area contributed by atoms with E-state index >= 15 is 0 Å². The molecule has 0 bridgehead atoms. The van der Waals surface area contributed by atoms with E-state index in [1.54, 1.807) is 21.1 Å². The van der Waals surface area contributed by atoms with Crippen molar-refractivity contribution in [3.05, 3.63) is 0 Å². The summed E-state index contributed by atoms with van der Waals surface area (Å²) < 4.78 is 10.8. The van der Waals surface area contributed by atoms with E-state index < -0.39 is 0 Å². The third-order valence-corrected chi connectivity index (χ3v) is 3.64. The van der Waals surface area contributed by atoms with E-state index in [-0.39, 0.29) is 17.9 Å². The first-order chi connectivity index (χ1) is 9.99. The summed E-state index contributed by atoms with van der Waals surface area (Å²) in [5.41, 5.74) is 0. The van der Waals surface area contributed by atoms with Gasteiger partial charge in [0.15, 0.2) is 0 Å². The number of hydrogen-bond donors (Lipinski definition) is 0. The maximum Gasteiger partial charge on any atom is 0.209 e. The molecule has 21 heavy (non-hydrogen) atoms. The van der Waals surface area contributed by atoms with Crippen molar-refractivity contribution >= 4 is 17.6 Å². The Morgan fingerprint density at radius 1 is 1.10 bits per heavy atom. The van der Waals surface area contributed by atoms with Crippen molar-refractivity contribution in [3.63, 3.8) is 0 Å². The Morgan fingerprint density at radius 2 is 1.76 bits per heavy atom. The zero-order valence-corrected chi connectivity index (χ0v) is 13.9. The summed E-state index contributed by atoms with van der Waals surface area (Å²) >= 11 is 0. The summed E-state index contributed by atoms with van der Waals surface area (Å²) in [5.74, 6) is 1.97. The van der Waals surface area contributed by atoms with Gasteiger partial charge in [0.25, 0.3) is 0 Å². The van der Waals surface area contributed by atoms with Gasteiger partial charge in [0.05, 0.1) is 14.2 Å². The summed E-state index contributed by atoms with van der Waals surface area (Å²) in [6.45, 7) is 5.83. The normalized spacial score (nSPS) is 21.8. The molecule has 1 aliphatic rings. The van der Waals surface area contributed by atoms with Crippen LogP contribution in [0.5, 0.6) is 0 Å². The van der Waals surface area contributed by atoms with Crippen molar-refractivity contribution in [2.24, 2.45) is 15.9 Å². The van der Waals surface area contributed by atoms with Gasteiger partial charge < -0.3 is 14.3 Å². The highest BCUT2D eigenvalue weighted by Crippen LogP contribution is 2.20. The van der Waals surface area contributed by atoms with Crippen molar-refractivity contribution in [2.45, 2.75) is 65.0 Å². The minimum absolute atomic E-state index is 0.0566. The van der Waals surface area contributed by atoms with Gasteiger partial charge in [-0.15, -0.1) is 0 Å². The Hall–Kier alpha value is -1.39. The van der Waals surface area contributed by atoms with Crippen LogP contribution < -0.4 is 0 Å². The van der Waals surface area contributed by atoms with Crippen LogP contribution in [-0.4, -0.2) is 43.9 Å². The Kier molecular flexibility index (Phi) is 7.40. The molecule has 0 unspecified atom stereocenters. The van der Waals surface area contributed by atoms with Crippen LogP contribution in [-0.2, 0) is 14.3 Å². The number of carbonyl (C=O) groups is 1. The van der Waals surface area contributed by atoms with E-state index in [0.29, 0.717) is 24.1 Å². The first-order valence-electron chi connectivity index (χ1n) is 7.72. The Bertz CT molecular complexity index is 402. The molecule has 1 rings (SSSR count). The molecular weight excluding hydrogens is 268 g/mol. The van der Waals surface area contributed by atoms with Crippen LogP contribution in [0.15, 0.2) is 9.98 Å². The molecule has 0 aromatic heterocycles. The fraction of sp³-hybridized carbons (Fsp3) is 0.812. The molecule has 5 nitrogen and oxygen atoms in total. The number of aliphatic imine (C=N–C) groups is 2. The molecule has 0 aliphatic carbocycles. The second-order valence-electron chi connectivity index (χ2n) is 5.85. The van der Waals surface area contributed by atoms with Gasteiger partial charge in [0.1, 0.15) is 17.9 Å². The lowest BCUT2D eigenvalue weighted by atomic mass is 10.0. The third kappa shape index (κ3) is 5.48. The zero-order valence-electron chi connectivity index (χ0n) is 13.9. The van der Waals surface area contributed by atoms with Gasteiger partial charge in [-0.3, -0.25) is 0 Å². The zero-order chi connectivity index (χ0) is 15.8. The summed E-state index contributed by atoms with van der Waals surface area (Å²) in [6.07, 6.45) is 4.52. The Morgan fingerprint density at radius 3 is 2.29 bits per heavy atom. The average Bonchev–Trinajstić information content (AvgIpc) is 2.45. The summed E-state index contributed by atoms with van der Waals surface area (Å²) in [5, 5.41) is 0. The molecule has 1 heterocycles. The fourth-order valence-corrected chi connectivity index (χ4v) is 2.44. The molecule has 0 N–H and O–H groups in total. The number of unbranched alkanes of at least 4 members (excludes halogenated alkanes) is 2. The highest BCUT2D eigenvalue weighted by atomic mass is 16.5. The standard InChI is InChI=1S/C16H28N2O3/c1-11(2)14-16(21-5)17-13(15(18-14)20-4)10-8-6-7-9-12(3)19/h11,13-14H,6-10H2,1-5H3/t13-,14+/m0/s1. The number of methoxy groups -OCH3 is 2. The number of Topliss-reactive ketones (excluding diaryl/α,β-unsaturated/α-hetero) is 1. The summed E-state index contributed by atoms with van der Waals surface area (Å²) in [4.78, 5) is 20.2. The second kappa shape index (κ2) is 8.80. The van der Waals surface area contributed by atoms with Crippen LogP contribution in [0.4, 0.5) is 0 Å². The van der Waals surface area contributed by atoms with Crippen molar-refractivity contribution in [1.29, 1.82) is 0 Å². The minimum Gasteiger partial charge on any atom is -0.483 e. The predicted octanol–water partition coefficient (Wildman–Crippen LogP) is 3.02. The van der Waals surface area contributed by atoms with Gasteiger partial charge in [-0.25, -0.2) is 9.98 Å². The Labute approximate surface area is 127 Å². The summed E-state index contributed by atoms with van der Waals surface area (Å²) in [7, 11) is 3.29. The molecule has 120 valence electrons. The molecule has 0 fully saturated rings. The molecule has 0 radical (unpaired) electrons. The van der Waals surface area contributed by atoms with Gasteiger partial charge in [0.2, 0.25) is 11.8 Å². The third-order valence-electron chi connectivity index (χ3n) is 3.64. The van der Waals surface area contributed by atoms with Crippen LogP contribution >= 0.6 is 0 Å². The number of ketones is 1. The first kappa shape index (κ1) is 17.7. The van der Waals surface area contributed by atoms with E-state index in [2.05, 4.69) is 23.8 Å². The highest BCUT2D eigenvalue weighted by Gasteiger charge is 2.30. The molecule has 0 aromatic rings. The van der Waals surface area contributed by atoms with E-state index in [9.17, 15) is 4.79 Å². The van der Waals surface area contributed by atoms with Gasteiger partial charge in [-0.1, -0.05) is 26.7 Å². The lowest BCUT2D eigenvalue weighted by Crippen LogP contribution is -2.37. The van der Waals surface area contributed by atoms with Gasteiger partial charge >= 0.3 is 0 Å². The quantitative estimate of drug-likeness (QED) is 0.678. The molecule has 1 aliphatic heterocycles. The highest BCUT2D eigenvalue weighted by molar-refractivity contribution is 5.94. The lowest BCUT2D eigenvalue weighted by Gasteiger charge is -2.27. The molecule has 0 aromatic carbocycles. The SMILES string of the molecule is COC1=N[C@H](C(C)C)C(OC)=N[C@H]1CCCCCC(C)=O. The van der Waals surface area contributed by atoms with E-state index in [1.807, 2.05) is 0 Å². The van der Waals surface area contributed by atoms with Gasteiger partial charge in [0, 0.05) is 6.42 Å². The average molecular weight is 296 g/mol. The van der Waals surface area contributed by atoms with Crippen LogP contribution in [0.3, 0.4) is 0 Å². The molecule has 0 amide bonds. The molecule has 0 saturated carbocycles. The largest absolute Gasteiger partial charge is 0.483 e. The number of ether oxygens (including phenoxy) is 2. The molecule has 0 saturated heterocycles. The monoisotopic (exact) mass is 296 g/mol. The van der Waals surface area contributed by atoms with Crippen molar-refractivity contribution in [3.8, 4) is 0 Å². The van der Waals surface area contributed by atoms with E-state index in [4.69, 9.17) is 9.47 Å². The van der Waals surface area contributed by atoms with Crippen LogP contribution in [0.25, 0.3) is 0 Å². The second-order valence-corrected chi connectivity index (χ2v) is 5.85. The van der Waals surface area contributed by atoms with Gasteiger partial charge in [-0.05, 0) is 25.7 Å². The fourth-order valence-electron chi connectivity index (χ4n) is 2.44. The van der Waals surface area contributed by atoms with Crippen LogP contribution in [0.1, 0.15) is 52.9 Å². The van der Waals surface area contributed by atoms with Crippen molar-refractivity contribution < 1.29 is 14.3 Å². The maximum absolute atomic E-state index is 10.9. The maximum atomic E-state index is 10.9. The van der Waals surface area contributed by atoms with Crippen LogP contribution in [0.2, 0.25) is 0 Å². The minimum atomic E-state index is -0.0581. The van der Waals surface area contributed by atoms with E-state index in [1.165, 1.54) is 0 Å². The molecule has 2 atom stereocenters.